The summed E-state index contributed by atoms with van der Waals surface area (Å²) in [4.78, 5) is 0. The smallest absolute Gasteiger partial charge is 0.119 e. The van der Waals surface area contributed by atoms with E-state index in [4.69, 9.17) is 4.74 Å². The maximum absolute atomic E-state index is 5.35. The van der Waals surface area contributed by atoms with E-state index in [2.05, 4.69) is 58.5 Å². The maximum Gasteiger partial charge on any atom is 0.119 e. The first-order chi connectivity index (χ1) is 7.38. The van der Waals surface area contributed by atoms with Crippen molar-refractivity contribution in [3.8, 4) is 5.75 Å². The molecule has 0 aliphatic rings. The fourth-order valence-corrected chi connectivity index (χ4v) is 1.74. The third-order valence-electron chi connectivity index (χ3n) is 3.05. The van der Waals surface area contributed by atoms with Crippen LogP contribution in [0.2, 0.25) is 0 Å². The number of benzene rings is 1. The highest BCUT2D eigenvalue weighted by atomic mass is 32.1. The third-order valence-corrected chi connectivity index (χ3v) is 3.31. The molecule has 0 amide bonds. The molecule has 1 aromatic rings. The number of thiol groups is 1. The standard InChI is InChI=1S/C14H22OS/c1-6-10(2)11-7-12(14(3,4)16)9-13(8-11)15-5/h7-10,16H,6H2,1-5H3. The highest BCUT2D eigenvalue weighted by molar-refractivity contribution is 7.81. The van der Waals surface area contributed by atoms with Crippen molar-refractivity contribution >= 4 is 12.6 Å². The minimum Gasteiger partial charge on any atom is -0.497 e. The van der Waals surface area contributed by atoms with Crippen molar-refractivity contribution in [2.45, 2.75) is 44.8 Å². The molecule has 0 aliphatic heterocycles. The molecule has 1 unspecified atom stereocenters. The number of hydrogen-bond donors (Lipinski definition) is 1. The zero-order valence-corrected chi connectivity index (χ0v) is 11.8. The van der Waals surface area contributed by atoms with E-state index in [9.17, 15) is 0 Å². The van der Waals surface area contributed by atoms with Gasteiger partial charge in [-0.05, 0) is 49.4 Å². The van der Waals surface area contributed by atoms with E-state index in [0.29, 0.717) is 5.92 Å². The van der Waals surface area contributed by atoms with Crippen LogP contribution in [-0.4, -0.2) is 7.11 Å². The van der Waals surface area contributed by atoms with E-state index in [0.717, 1.165) is 12.2 Å². The summed E-state index contributed by atoms with van der Waals surface area (Å²) in [6.07, 6.45) is 1.14. The Labute approximate surface area is 105 Å². The van der Waals surface area contributed by atoms with Gasteiger partial charge < -0.3 is 4.74 Å². The monoisotopic (exact) mass is 238 g/mol. The molecule has 0 spiro atoms. The number of ether oxygens (including phenoxy) is 1. The third kappa shape index (κ3) is 3.18. The summed E-state index contributed by atoms with van der Waals surface area (Å²) in [6, 6.07) is 6.43. The van der Waals surface area contributed by atoms with Crippen LogP contribution in [0.25, 0.3) is 0 Å². The predicted octanol–water partition coefficient (Wildman–Crippen LogP) is 4.37. The summed E-state index contributed by atoms with van der Waals surface area (Å²) in [6.45, 7) is 8.65. The van der Waals surface area contributed by atoms with Crippen molar-refractivity contribution in [3.05, 3.63) is 29.3 Å². The molecule has 0 aliphatic carbocycles. The van der Waals surface area contributed by atoms with Gasteiger partial charge in [-0.1, -0.05) is 19.9 Å². The molecule has 0 saturated heterocycles. The van der Waals surface area contributed by atoms with E-state index in [1.165, 1.54) is 11.1 Å². The van der Waals surface area contributed by atoms with Gasteiger partial charge in [0.05, 0.1) is 7.11 Å². The van der Waals surface area contributed by atoms with Crippen molar-refractivity contribution in [1.29, 1.82) is 0 Å². The van der Waals surface area contributed by atoms with E-state index in [-0.39, 0.29) is 4.75 Å². The maximum atomic E-state index is 5.35. The largest absolute Gasteiger partial charge is 0.497 e. The van der Waals surface area contributed by atoms with Gasteiger partial charge in [0.1, 0.15) is 5.75 Å². The van der Waals surface area contributed by atoms with Crippen molar-refractivity contribution in [1.82, 2.24) is 0 Å². The van der Waals surface area contributed by atoms with Crippen LogP contribution in [0.1, 0.15) is 51.2 Å². The Morgan fingerprint density at radius 2 is 1.94 bits per heavy atom. The summed E-state index contributed by atoms with van der Waals surface area (Å²) in [5.41, 5.74) is 2.55. The average molecular weight is 238 g/mol. The number of hydrogen-bond acceptors (Lipinski definition) is 2. The van der Waals surface area contributed by atoms with Gasteiger partial charge in [-0.3, -0.25) is 0 Å². The van der Waals surface area contributed by atoms with Crippen molar-refractivity contribution in [3.63, 3.8) is 0 Å². The van der Waals surface area contributed by atoms with E-state index in [1.807, 2.05) is 0 Å². The fourth-order valence-electron chi connectivity index (χ4n) is 1.61. The molecule has 1 rings (SSSR count). The summed E-state index contributed by atoms with van der Waals surface area (Å²) >= 11 is 4.62. The molecule has 0 radical (unpaired) electrons. The molecular formula is C14H22OS. The van der Waals surface area contributed by atoms with Gasteiger partial charge in [0.25, 0.3) is 0 Å². The molecular weight excluding hydrogens is 216 g/mol. The highest BCUT2D eigenvalue weighted by Crippen LogP contribution is 2.33. The van der Waals surface area contributed by atoms with E-state index >= 15 is 0 Å². The number of rotatable bonds is 4. The van der Waals surface area contributed by atoms with Crippen LogP contribution in [0.5, 0.6) is 5.75 Å². The van der Waals surface area contributed by atoms with Gasteiger partial charge in [0.15, 0.2) is 0 Å². The minimum absolute atomic E-state index is 0.128. The average Bonchev–Trinajstić information content (AvgIpc) is 2.26. The topological polar surface area (TPSA) is 9.23 Å². The van der Waals surface area contributed by atoms with E-state index in [1.54, 1.807) is 7.11 Å². The van der Waals surface area contributed by atoms with Crippen molar-refractivity contribution in [2.75, 3.05) is 7.11 Å². The quantitative estimate of drug-likeness (QED) is 0.766. The Morgan fingerprint density at radius 1 is 1.31 bits per heavy atom. The fraction of sp³-hybridized carbons (Fsp3) is 0.571. The second-order valence-corrected chi connectivity index (χ2v) is 5.98. The van der Waals surface area contributed by atoms with Crippen LogP contribution in [-0.2, 0) is 4.75 Å². The lowest BCUT2D eigenvalue weighted by Gasteiger charge is -2.21. The minimum atomic E-state index is -0.128. The molecule has 0 heterocycles. The Hall–Kier alpha value is -0.630. The first-order valence-electron chi connectivity index (χ1n) is 5.80. The van der Waals surface area contributed by atoms with Crippen LogP contribution in [0.4, 0.5) is 0 Å². The molecule has 1 atom stereocenters. The molecule has 0 bridgehead atoms. The van der Waals surface area contributed by atoms with Crippen LogP contribution in [0.15, 0.2) is 18.2 Å². The number of methoxy groups -OCH3 is 1. The van der Waals surface area contributed by atoms with Gasteiger partial charge in [-0.25, -0.2) is 0 Å². The molecule has 16 heavy (non-hydrogen) atoms. The molecule has 1 aromatic carbocycles. The zero-order valence-electron chi connectivity index (χ0n) is 10.9. The molecule has 0 saturated carbocycles. The molecule has 90 valence electrons. The highest BCUT2D eigenvalue weighted by Gasteiger charge is 2.17. The second-order valence-electron chi connectivity index (χ2n) is 4.86. The SMILES string of the molecule is CCC(C)c1cc(OC)cc(C(C)(C)S)c1. The summed E-state index contributed by atoms with van der Waals surface area (Å²) in [7, 11) is 1.71. The van der Waals surface area contributed by atoms with Gasteiger partial charge in [0, 0.05) is 4.75 Å². The molecule has 0 fully saturated rings. The summed E-state index contributed by atoms with van der Waals surface area (Å²) in [5, 5.41) is 0. The van der Waals surface area contributed by atoms with Crippen LogP contribution < -0.4 is 4.74 Å². The van der Waals surface area contributed by atoms with Crippen LogP contribution in [0, 0.1) is 0 Å². The predicted molar refractivity (Wildman–Crippen MR) is 73.7 cm³/mol. The first kappa shape index (κ1) is 13.4. The zero-order chi connectivity index (χ0) is 12.3. The lowest BCUT2D eigenvalue weighted by molar-refractivity contribution is 0.412. The van der Waals surface area contributed by atoms with Gasteiger partial charge in [-0.2, -0.15) is 12.6 Å². The van der Waals surface area contributed by atoms with Crippen molar-refractivity contribution < 1.29 is 4.74 Å². The summed E-state index contributed by atoms with van der Waals surface area (Å²) < 4.78 is 5.22. The Kier molecular flexibility index (Phi) is 4.31. The van der Waals surface area contributed by atoms with Gasteiger partial charge >= 0.3 is 0 Å². The molecule has 0 aromatic heterocycles. The molecule has 1 nitrogen and oxygen atoms in total. The second kappa shape index (κ2) is 5.13. The van der Waals surface area contributed by atoms with Crippen LogP contribution >= 0.6 is 12.6 Å². The molecule has 0 N–H and O–H groups in total. The lowest BCUT2D eigenvalue weighted by Crippen LogP contribution is -2.09. The van der Waals surface area contributed by atoms with Crippen LogP contribution in [0.3, 0.4) is 0 Å². The van der Waals surface area contributed by atoms with Crippen molar-refractivity contribution in [2.24, 2.45) is 0 Å². The van der Waals surface area contributed by atoms with Gasteiger partial charge in [-0.15, -0.1) is 0 Å². The molecule has 2 heteroatoms. The lowest BCUT2D eigenvalue weighted by atomic mass is 9.92. The Balaban J connectivity index is 3.21. The normalized spacial score (nSPS) is 13.6. The van der Waals surface area contributed by atoms with Gasteiger partial charge in [0.2, 0.25) is 0 Å². The summed E-state index contributed by atoms with van der Waals surface area (Å²) in [5.74, 6) is 1.49. The Morgan fingerprint density at radius 3 is 2.38 bits per heavy atom. The van der Waals surface area contributed by atoms with E-state index < -0.39 is 0 Å². The first-order valence-corrected chi connectivity index (χ1v) is 6.25. The Bertz CT molecular complexity index is 352.